The van der Waals surface area contributed by atoms with Crippen LogP contribution in [0.3, 0.4) is 0 Å². The summed E-state index contributed by atoms with van der Waals surface area (Å²) in [6, 6.07) is 5.69. The summed E-state index contributed by atoms with van der Waals surface area (Å²) in [5, 5.41) is 0. The van der Waals surface area contributed by atoms with E-state index in [1.54, 1.807) is 12.1 Å². The van der Waals surface area contributed by atoms with Crippen LogP contribution in [0.15, 0.2) is 24.3 Å². The molecule has 1 aliphatic heterocycles. The summed E-state index contributed by atoms with van der Waals surface area (Å²) in [5.41, 5.74) is 0.713. The zero-order valence-electron chi connectivity index (χ0n) is 15.1. The average molecular weight is 372 g/mol. The minimum absolute atomic E-state index is 0.237. The van der Waals surface area contributed by atoms with E-state index in [0.717, 1.165) is 5.92 Å². The molecule has 0 amide bonds. The van der Waals surface area contributed by atoms with Crippen LogP contribution in [-0.2, 0) is 9.47 Å². The van der Waals surface area contributed by atoms with Crippen molar-refractivity contribution in [3.63, 3.8) is 0 Å². The number of ether oxygens (including phenoxy) is 3. The Morgan fingerprint density at radius 3 is 2.12 bits per heavy atom. The molecule has 0 spiro atoms. The van der Waals surface area contributed by atoms with Crippen LogP contribution in [0, 0.1) is 17.8 Å². The van der Waals surface area contributed by atoms with Crippen molar-refractivity contribution in [1.82, 2.24) is 0 Å². The molecule has 26 heavy (non-hydrogen) atoms. The maximum Gasteiger partial charge on any atom is 0.573 e. The van der Waals surface area contributed by atoms with Crippen LogP contribution < -0.4 is 4.74 Å². The summed E-state index contributed by atoms with van der Waals surface area (Å²) in [6.07, 6.45) is 2.51. The molecule has 0 unspecified atom stereocenters. The molecule has 3 nitrogen and oxygen atoms in total. The van der Waals surface area contributed by atoms with Crippen molar-refractivity contribution < 1.29 is 27.4 Å². The van der Waals surface area contributed by atoms with Crippen molar-refractivity contribution in [1.29, 1.82) is 0 Å². The molecule has 0 N–H and O–H groups in total. The first-order chi connectivity index (χ1) is 12.4. The molecule has 1 aromatic carbocycles. The summed E-state index contributed by atoms with van der Waals surface area (Å²) in [5.74, 6) is 1.72. The van der Waals surface area contributed by atoms with Crippen LogP contribution in [-0.4, -0.2) is 19.6 Å². The second kappa shape index (κ2) is 8.61. The topological polar surface area (TPSA) is 27.7 Å². The van der Waals surface area contributed by atoms with Gasteiger partial charge in [-0.15, -0.1) is 13.2 Å². The Morgan fingerprint density at radius 2 is 1.58 bits per heavy atom. The van der Waals surface area contributed by atoms with Gasteiger partial charge < -0.3 is 14.2 Å². The van der Waals surface area contributed by atoms with Gasteiger partial charge in [0.25, 0.3) is 0 Å². The molecule has 0 bridgehead atoms. The van der Waals surface area contributed by atoms with E-state index in [1.165, 1.54) is 50.7 Å². The molecule has 1 aliphatic carbocycles. The molecule has 0 radical (unpaired) electrons. The predicted molar refractivity (Wildman–Crippen MR) is 91.6 cm³/mol. The summed E-state index contributed by atoms with van der Waals surface area (Å²) in [6.45, 7) is 3.54. The van der Waals surface area contributed by atoms with E-state index in [-0.39, 0.29) is 5.75 Å². The van der Waals surface area contributed by atoms with Gasteiger partial charge >= 0.3 is 6.36 Å². The summed E-state index contributed by atoms with van der Waals surface area (Å²) < 4.78 is 52.2. The molecule has 6 heteroatoms. The first kappa shape index (κ1) is 19.5. The number of hydrogen-bond donors (Lipinski definition) is 0. The lowest BCUT2D eigenvalue weighted by molar-refractivity contribution is -0.274. The highest BCUT2D eigenvalue weighted by Gasteiger charge is 2.33. The maximum absolute atomic E-state index is 12.2. The van der Waals surface area contributed by atoms with E-state index in [4.69, 9.17) is 9.47 Å². The van der Waals surface area contributed by atoms with Crippen LogP contribution >= 0.6 is 0 Å². The van der Waals surface area contributed by atoms with Gasteiger partial charge in [0.2, 0.25) is 0 Å². The Morgan fingerprint density at radius 1 is 0.962 bits per heavy atom. The summed E-state index contributed by atoms with van der Waals surface area (Å²) >= 11 is 0. The zero-order valence-corrected chi connectivity index (χ0v) is 15.1. The Hall–Kier alpha value is -1.27. The third-order valence-corrected chi connectivity index (χ3v) is 5.56. The first-order valence-corrected chi connectivity index (χ1v) is 9.53. The van der Waals surface area contributed by atoms with Crippen molar-refractivity contribution in [3.8, 4) is 5.75 Å². The molecular weight excluding hydrogens is 345 g/mol. The van der Waals surface area contributed by atoms with Crippen molar-refractivity contribution in [2.75, 3.05) is 13.2 Å². The Balaban J connectivity index is 1.46. The number of hydrogen-bond acceptors (Lipinski definition) is 3. The van der Waals surface area contributed by atoms with Crippen molar-refractivity contribution >= 4 is 0 Å². The van der Waals surface area contributed by atoms with Gasteiger partial charge in [-0.1, -0.05) is 44.7 Å². The fraction of sp³-hybridized carbons (Fsp3) is 0.700. The lowest BCUT2D eigenvalue weighted by Gasteiger charge is -2.37. The smallest absolute Gasteiger partial charge is 0.406 e. The number of rotatable bonds is 5. The summed E-state index contributed by atoms with van der Waals surface area (Å²) in [4.78, 5) is 0. The second-order valence-electron chi connectivity index (χ2n) is 7.44. The Kier molecular flexibility index (Phi) is 6.46. The van der Waals surface area contributed by atoms with Gasteiger partial charge in [-0.05, 0) is 36.8 Å². The fourth-order valence-electron chi connectivity index (χ4n) is 4.17. The molecule has 0 aromatic heterocycles. The van der Waals surface area contributed by atoms with Crippen LogP contribution in [0.2, 0.25) is 0 Å². The largest absolute Gasteiger partial charge is 0.573 e. The minimum Gasteiger partial charge on any atom is -0.406 e. The van der Waals surface area contributed by atoms with Gasteiger partial charge in [-0.25, -0.2) is 0 Å². The number of benzene rings is 1. The third-order valence-electron chi connectivity index (χ3n) is 5.56. The molecule has 2 fully saturated rings. The Bertz CT molecular complexity index is 542. The van der Waals surface area contributed by atoms with E-state index in [9.17, 15) is 13.2 Å². The number of alkyl halides is 3. The SMILES string of the molecule is CCC[C@H]1CC[C@H](C2COC(c3ccc(OC(F)(F)F)cc3)OC2)CC1. The number of halogens is 3. The van der Waals surface area contributed by atoms with Crippen molar-refractivity contribution in [3.05, 3.63) is 29.8 Å². The summed E-state index contributed by atoms with van der Waals surface area (Å²) in [7, 11) is 0. The molecule has 0 atom stereocenters. The molecule has 1 aromatic rings. The van der Waals surface area contributed by atoms with E-state index >= 15 is 0 Å². The van der Waals surface area contributed by atoms with E-state index in [0.29, 0.717) is 30.6 Å². The highest BCUT2D eigenvalue weighted by molar-refractivity contribution is 5.28. The van der Waals surface area contributed by atoms with E-state index in [1.807, 2.05) is 0 Å². The normalized spacial score (nSPS) is 30.2. The van der Waals surface area contributed by atoms with Gasteiger partial charge in [0.1, 0.15) is 5.75 Å². The second-order valence-corrected chi connectivity index (χ2v) is 7.44. The highest BCUT2D eigenvalue weighted by Crippen LogP contribution is 2.38. The molecule has 2 aliphatic rings. The van der Waals surface area contributed by atoms with Gasteiger partial charge in [0.05, 0.1) is 13.2 Å². The van der Waals surface area contributed by atoms with Crippen molar-refractivity contribution in [2.24, 2.45) is 17.8 Å². The van der Waals surface area contributed by atoms with E-state index < -0.39 is 12.7 Å². The average Bonchev–Trinajstić information content (AvgIpc) is 2.62. The molecule has 1 saturated carbocycles. The van der Waals surface area contributed by atoms with Gasteiger partial charge in [0.15, 0.2) is 6.29 Å². The van der Waals surface area contributed by atoms with Crippen LogP contribution in [0.25, 0.3) is 0 Å². The van der Waals surface area contributed by atoms with Crippen LogP contribution in [0.1, 0.15) is 57.3 Å². The van der Waals surface area contributed by atoms with Crippen molar-refractivity contribution in [2.45, 2.75) is 58.1 Å². The third kappa shape index (κ3) is 5.36. The quantitative estimate of drug-likeness (QED) is 0.648. The standard InChI is InChI=1S/C20H27F3O3/c1-2-3-14-4-6-15(7-5-14)17-12-24-19(25-13-17)16-8-10-18(11-9-16)26-20(21,22)23/h8-11,14-15,17,19H,2-7,12-13H2,1H3/t14-,15-,17?,19?. The molecule has 1 saturated heterocycles. The van der Waals surface area contributed by atoms with Gasteiger partial charge in [-0.3, -0.25) is 0 Å². The monoisotopic (exact) mass is 372 g/mol. The first-order valence-electron chi connectivity index (χ1n) is 9.53. The van der Waals surface area contributed by atoms with E-state index in [2.05, 4.69) is 11.7 Å². The maximum atomic E-state index is 12.2. The van der Waals surface area contributed by atoms with Crippen LogP contribution in [0.5, 0.6) is 5.75 Å². The lowest BCUT2D eigenvalue weighted by atomic mass is 9.75. The molecular formula is C20H27F3O3. The predicted octanol–water partition coefficient (Wildman–Crippen LogP) is 5.85. The molecule has 1 heterocycles. The van der Waals surface area contributed by atoms with Gasteiger partial charge in [0, 0.05) is 11.5 Å². The molecule has 146 valence electrons. The highest BCUT2D eigenvalue weighted by atomic mass is 19.4. The lowest BCUT2D eigenvalue weighted by Crippen LogP contribution is -2.34. The zero-order chi connectivity index (χ0) is 18.6. The Labute approximate surface area is 152 Å². The minimum atomic E-state index is -4.68. The van der Waals surface area contributed by atoms with Gasteiger partial charge in [-0.2, -0.15) is 0 Å². The fourth-order valence-corrected chi connectivity index (χ4v) is 4.17. The molecule has 3 rings (SSSR count). The van der Waals surface area contributed by atoms with Crippen LogP contribution in [0.4, 0.5) is 13.2 Å².